The second kappa shape index (κ2) is 11.6. The molecule has 1 saturated heterocycles. The lowest BCUT2D eigenvalue weighted by molar-refractivity contribution is 0.0962. The molecule has 3 atom stereocenters. The molecular formula is C26H24ClF3N8O2. The van der Waals surface area contributed by atoms with Crippen molar-refractivity contribution in [1.29, 1.82) is 0 Å². The quantitative estimate of drug-likeness (QED) is 0.332. The molecule has 1 aliphatic carbocycles. The normalized spacial score (nSPS) is 20.3. The second-order valence-corrected chi connectivity index (χ2v) is 9.82. The summed E-state index contributed by atoms with van der Waals surface area (Å²) in [5.74, 6) is -0.188. The molecule has 10 nitrogen and oxygen atoms in total. The fraction of sp³-hybridized carbons (Fsp3) is 0.308. The summed E-state index contributed by atoms with van der Waals surface area (Å²) >= 11 is 5.78. The van der Waals surface area contributed by atoms with Gasteiger partial charge in [-0.05, 0) is 24.3 Å². The van der Waals surface area contributed by atoms with Gasteiger partial charge in [0.1, 0.15) is 5.69 Å². The Labute approximate surface area is 231 Å². The largest absolute Gasteiger partial charge is 0.403 e. The number of nitrogens with one attached hydrogen (secondary N) is 1. The van der Waals surface area contributed by atoms with Crippen LogP contribution >= 0.6 is 11.6 Å². The molecule has 5 rings (SSSR count). The van der Waals surface area contributed by atoms with E-state index in [0.29, 0.717) is 23.3 Å². The van der Waals surface area contributed by atoms with Gasteiger partial charge in [0.15, 0.2) is 5.82 Å². The van der Waals surface area contributed by atoms with Gasteiger partial charge in [0.2, 0.25) is 5.95 Å². The number of rotatable bonds is 9. The third-order valence-corrected chi connectivity index (χ3v) is 7.16. The first-order valence-corrected chi connectivity index (χ1v) is 12.7. The molecule has 3 heterocycles. The van der Waals surface area contributed by atoms with Crippen molar-refractivity contribution in [3.8, 4) is 11.3 Å². The highest BCUT2D eigenvalue weighted by Crippen LogP contribution is 2.50. The molecule has 14 heteroatoms. The Bertz CT molecular complexity index is 1470. The van der Waals surface area contributed by atoms with Crippen molar-refractivity contribution < 1.29 is 23.1 Å². The highest BCUT2D eigenvalue weighted by Gasteiger charge is 2.52. The van der Waals surface area contributed by atoms with Gasteiger partial charge < -0.3 is 21.1 Å². The number of piperidine rings is 1. The zero-order valence-corrected chi connectivity index (χ0v) is 21.6. The van der Waals surface area contributed by atoms with Crippen molar-refractivity contribution in [2.24, 2.45) is 22.6 Å². The number of aromatic nitrogens is 4. The van der Waals surface area contributed by atoms with Crippen molar-refractivity contribution in [2.45, 2.75) is 25.4 Å². The number of aliphatic imine (C=N–C) groups is 1. The summed E-state index contributed by atoms with van der Waals surface area (Å²) in [6, 6.07) is 2.06. The number of carbonyl (C=O) groups excluding carboxylic acids is 1. The Morgan fingerprint density at radius 2 is 2.05 bits per heavy atom. The Morgan fingerprint density at radius 3 is 2.75 bits per heavy atom. The number of benzene rings is 1. The molecule has 2 aliphatic rings. The number of carbonyl (C=O) groups is 1. The zero-order chi connectivity index (χ0) is 28.4. The van der Waals surface area contributed by atoms with E-state index < -0.39 is 29.3 Å². The predicted molar refractivity (Wildman–Crippen MR) is 141 cm³/mol. The van der Waals surface area contributed by atoms with Crippen LogP contribution < -0.4 is 16.0 Å². The third-order valence-electron chi connectivity index (χ3n) is 6.87. The molecule has 3 aromatic rings. The summed E-state index contributed by atoms with van der Waals surface area (Å²) in [5, 5.41) is 11.8. The molecule has 208 valence electrons. The molecule has 0 radical (unpaired) electrons. The number of alkyl halides is 2. The lowest BCUT2D eigenvalue weighted by Gasteiger charge is -2.25. The number of fused-ring (bicyclic) bond motifs is 1. The number of hydrogen-bond donors (Lipinski definition) is 3. The van der Waals surface area contributed by atoms with Gasteiger partial charge in [-0.25, -0.2) is 28.1 Å². The molecule has 2 aromatic heterocycles. The van der Waals surface area contributed by atoms with Crippen molar-refractivity contribution in [2.75, 3.05) is 18.1 Å². The smallest absolute Gasteiger partial charge is 0.275 e. The SMILES string of the molecule is N/C=C(\C=NCc1cnc(N2C[C@H]3C[C@H]3[C@H]2CO)nc1)NC(=O)c1cncc(-c2c(C(F)F)ccc(Cl)c2F)n1. The van der Waals surface area contributed by atoms with Crippen LogP contribution in [-0.4, -0.2) is 56.4 Å². The fourth-order valence-electron chi connectivity index (χ4n) is 4.78. The molecule has 1 amide bonds. The van der Waals surface area contributed by atoms with Gasteiger partial charge in [-0.2, -0.15) is 0 Å². The van der Waals surface area contributed by atoms with Gasteiger partial charge in [-0.1, -0.05) is 17.7 Å². The van der Waals surface area contributed by atoms with Crippen LogP contribution in [0.5, 0.6) is 0 Å². The first-order chi connectivity index (χ1) is 19.3. The summed E-state index contributed by atoms with van der Waals surface area (Å²) in [5.41, 5.74) is 4.73. The van der Waals surface area contributed by atoms with Crippen LogP contribution in [0.2, 0.25) is 5.02 Å². The van der Waals surface area contributed by atoms with Gasteiger partial charge in [0.05, 0.1) is 48.0 Å². The Balaban J connectivity index is 1.23. The Kier molecular flexibility index (Phi) is 7.94. The van der Waals surface area contributed by atoms with Crippen LogP contribution in [0.1, 0.15) is 34.5 Å². The highest BCUT2D eigenvalue weighted by molar-refractivity contribution is 6.31. The predicted octanol–water partition coefficient (Wildman–Crippen LogP) is 3.28. The van der Waals surface area contributed by atoms with E-state index in [1.54, 1.807) is 12.4 Å². The van der Waals surface area contributed by atoms with Crippen LogP contribution in [0, 0.1) is 17.7 Å². The maximum atomic E-state index is 14.6. The first kappa shape index (κ1) is 27.5. The van der Waals surface area contributed by atoms with E-state index in [1.807, 2.05) is 4.90 Å². The summed E-state index contributed by atoms with van der Waals surface area (Å²) in [6.45, 7) is 1.11. The van der Waals surface area contributed by atoms with Gasteiger partial charge >= 0.3 is 0 Å². The maximum Gasteiger partial charge on any atom is 0.275 e. The number of halogens is 4. The van der Waals surface area contributed by atoms with Crippen LogP contribution in [0.15, 0.2) is 53.8 Å². The van der Waals surface area contributed by atoms with Crippen LogP contribution in [-0.2, 0) is 6.54 Å². The van der Waals surface area contributed by atoms with E-state index in [2.05, 4.69) is 30.2 Å². The number of allylic oxidation sites excluding steroid dienone is 1. The average molecular weight is 573 g/mol. The van der Waals surface area contributed by atoms with Crippen molar-refractivity contribution in [1.82, 2.24) is 25.3 Å². The molecular weight excluding hydrogens is 549 g/mol. The minimum Gasteiger partial charge on any atom is -0.403 e. The number of aliphatic hydroxyl groups excluding tert-OH is 1. The fourth-order valence-corrected chi connectivity index (χ4v) is 4.94. The van der Waals surface area contributed by atoms with Gasteiger partial charge in [-0.3, -0.25) is 14.8 Å². The van der Waals surface area contributed by atoms with E-state index in [0.717, 1.165) is 43.7 Å². The highest BCUT2D eigenvalue weighted by atomic mass is 35.5. The second-order valence-electron chi connectivity index (χ2n) is 9.41. The standard InChI is InChI=1S/C26H24ClF3N8O2/c27-18-2-1-16(24(29)30)22(23(18)28)19-9-33-10-20(37-19)25(40)36-15(4-31)8-32-5-13-6-34-26(35-7-13)38-11-14-3-17(14)21(38)12-39/h1-2,4,6-10,14,17,21,24,39H,3,5,11-12,31H2,(H,36,40)/b15-4+,32-8?/t14-,17-,21-/m1/s1. The summed E-state index contributed by atoms with van der Waals surface area (Å²) in [6.07, 6.45) is 6.01. The average Bonchev–Trinajstić information content (AvgIpc) is 3.63. The van der Waals surface area contributed by atoms with E-state index in [-0.39, 0.29) is 41.3 Å². The molecule has 0 unspecified atom stereocenters. The Morgan fingerprint density at radius 1 is 1.27 bits per heavy atom. The zero-order valence-electron chi connectivity index (χ0n) is 20.9. The van der Waals surface area contributed by atoms with Crippen molar-refractivity contribution in [3.63, 3.8) is 0 Å². The lowest BCUT2D eigenvalue weighted by Crippen LogP contribution is -2.37. The number of anilines is 1. The van der Waals surface area contributed by atoms with Crippen LogP contribution in [0.3, 0.4) is 0 Å². The minimum absolute atomic E-state index is 0.0518. The van der Waals surface area contributed by atoms with Crippen molar-refractivity contribution >= 4 is 29.7 Å². The minimum atomic E-state index is -3.01. The maximum absolute atomic E-state index is 14.6. The summed E-state index contributed by atoms with van der Waals surface area (Å²) in [4.78, 5) is 35.7. The van der Waals surface area contributed by atoms with Crippen molar-refractivity contribution in [3.05, 3.63) is 76.5 Å². The molecule has 40 heavy (non-hydrogen) atoms. The van der Waals surface area contributed by atoms with Crippen LogP contribution in [0.4, 0.5) is 19.1 Å². The lowest BCUT2D eigenvalue weighted by atomic mass is 10.0. The molecule has 0 bridgehead atoms. The molecule has 0 spiro atoms. The van der Waals surface area contributed by atoms with Gasteiger partial charge in [-0.15, -0.1) is 0 Å². The van der Waals surface area contributed by atoms with E-state index >= 15 is 0 Å². The number of nitrogens with two attached hydrogens (primary N) is 1. The summed E-state index contributed by atoms with van der Waals surface area (Å²) < 4.78 is 41.6. The molecule has 2 fully saturated rings. The number of hydrogen-bond acceptors (Lipinski definition) is 9. The number of amides is 1. The number of aliphatic hydroxyl groups is 1. The molecule has 1 aromatic carbocycles. The van der Waals surface area contributed by atoms with E-state index in [4.69, 9.17) is 17.3 Å². The van der Waals surface area contributed by atoms with E-state index in [1.165, 1.54) is 6.21 Å². The molecule has 4 N–H and O–H groups in total. The Hall–Kier alpha value is -4.10. The molecule has 1 aliphatic heterocycles. The monoisotopic (exact) mass is 572 g/mol. The van der Waals surface area contributed by atoms with Gasteiger partial charge in [0, 0.05) is 48.0 Å². The first-order valence-electron chi connectivity index (χ1n) is 12.3. The third kappa shape index (κ3) is 5.61. The topological polar surface area (TPSA) is 143 Å². The summed E-state index contributed by atoms with van der Waals surface area (Å²) in [7, 11) is 0. The molecule has 1 saturated carbocycles. The van der Waals surface area contributed by atoms with Gasteiger partial charge in [0.25, 0.3) is 12.3 Å². The number of nitrogens with zero attached hydrogens (tertiary/aromatic N) is 6. The van der Waals surface area contributed by atoms with Crippen LogP contribution in [0.25, 0.3) is 11.3 Å². The van der Waals surface area contributed by atoms with E-state index in [9.17, 15) is 23.1 Å².